The van der Waals surface area contributed by atoms with Gasteiger partial charge in [-0.25, -0.2) is 5.84 Å². The van der Waals surface area contributed by atoms with Crippen LogP contribution in [0.1, 0.15) is 18.4 Å². The number of fused-ring (bicyclic) bond motifs is 1. The van der Waals surface area contributed by atoms with Gasteiger partial charge in [0.1, 0.15) is 0 Å². The van der Waals surface area contributed by atoms with Gasteiger partial charge in [0.05, 0.1) is 0 Å². The van der Waals surface area contributed by atoms with Crippen molar-refractivity contribution < 1.29 is 0 Å². The van der Waals surface area contributed by atoms with Crippen LogP contribution in [0.25, 0.3) is 0 Å². The molecule has 2 fully saturated rings. The highest BCUT2D eigenvalue weighted by Gasteiger charge is 2.42. The van der Waals surface area contributed by atoms with Crippen LogP contribution in [-0.4, -0.2) is 29.1 Å². The van der Waals surface area contributed by atoms with Crippen LogP contribution in [0.2, 0.25) is 0 Å². The smallest absolute Gasteiger partial charge is 0.180 e. The zero-order chi connectivity index (χ0) is 13.9. The van der Waals surface area contributed by atoms with E-state index in [9.17, 15) is 0 Å². The van der Waals surface area contributed by atoms with Crippen molar-refractivity contribution >= 4 is 17.3 Å². The van der Waals surface area contributed by atoms with Crippen molar-refractivity contribution in [1.82, 2.24) is 15.6 Å². The van der Waals surface area contributed by atoms with Gasteiger partial charge in [-0.1, -0.05) is 30.3 Å². The Balaban J connectivity index is 1.57. The summed E-state index contributed by atoms with van der Waals surface area (Å²) in [6, 6.07) is 11.2. The second-order valence-electron chi connectivity index (χ2n) is 5.91. The summed E-state index contributed by atoms with van der Waals surface area (Å²) in [5, 5.41) is 3.92. The molecule has 4 N–H and O–H groups in total. The number of likely N-dealkylation sites (tertiary alicyclic amines) is 1. The van der Waals surface area contributed by atoms with Gasteiger partial charge in [0.2, 0.25) is 0 Å². The van der Waals surface area contributed by atoms with E-state index in [1.807, 2.05) is 0 Å². The molecule has 0 amide bonds. The van der Waals surface area contributed by atoms with Gasteiger partial charge < -0.3 is 10.7 Å². The molecule has 108 valence electrons. The normalized spacial score (nSPS) is 29.1. The van der Waals surface area contributed by atoms with Crippen LogP contribution >= 0.6 is 12.2 Å². The molecule has 1 aromatic carbocycles. The molecule has 3 atom stereocenters. The molecule has 1 heterocycles. The number of nitrogens with two attached hydrogens (primary N) is 1. The lowest BCUT2D eigenvalue weighted by atomic mass is 9.98. The van der Waals surface area contributed by atoms with Crippen molar-refractivity contribution in [3.63, 3.8) is 0 Å². The van der Waals surface area contributed by atoms with E-state index in [4.69, 9.17) is 18.1 Å². The maximum absolute atomic E-state index is 5.35. The quantitative estimate of drug-likeness (QED) is 0.444. The molecule has 3 rings (SSSR count). The molecule has 1 saturated heterocycles. The second-order valence-corrected chi connectivity index (χ2v) is 6.31. The third kappa shape index (κ3) is 2.95. The van der Waals surface area contributed by atoms with Gasteiger partial charge in [-0.15, -0.1) is 0 Å². The standard InChI is InChI=1S/C15H22N4S/c16-18-15(20)17-14-7-6-12-9-19(10-13(12)14)8-11-4-2-1-3-5-11/h1-5,12-14H,6-10,16H2,(H2,17,18,20). The molecule has 20 heavy (non-hydrogen) atoms. The summed E-state index contributed by atoms with van der Waals surface area (Å²) in [4.78, 5) is 2.57. The molecular weight excluding hydrogens is 268 g/mol. The summed E-state index contributed by atoms with van der Waals surface area (Å²) >= 11 is 5.13. The Labute approximate surface area is 125 Å². The Kier molecular flexibility index (Phi) is 4.19. The maximum Gasteiger partial charge on any atom is 0.180 e. The Morgan fingerprint density at radius 1 is 1.25 bits per heavy atom. The largest absolute Gasteiger partial charge is 0.359 e. The number of nitrogens with zero attached hydrogens (tertiary/aromatic N) is 1. The lowest BCUT2D eigenvalue weighted by Crippen LogP contribution is -2.47. The molecule has 1 aliphatic heterocycles. The lowest BCUT2D eigenvalue weighted by Gasteiger charge is -2.22. The van der Waals surface area contributed by atoms with Gasteiger partial charge in [0.25, 0.3) is 0 Å². The Morgan fingerprint density at radius 2 is 2.05 bits per heavy atom. The maximum atomic E-state index is 5.35. The van der Waals surface area contributed by atoms with Crippen LogP contribution in [0.5, 0.6) is 0 Å². The zero-order valence-electron chi connectivity index (χ0n) is 11.6. The Morgan fingerprint density at radius 3 is 2.80 bits per heavy atom. The summed E-state index contributed by atoms with van der Waals surface area (Å²) < 4.78 is 0. The first-order chi connectivity index (χ1) is 9.76. The van der Waals surface area contributed by atoms with E-state index < -0.39 is 0 Å². The monoisotopic (exact) mass is 290 g/mol. The van der Waals surface area contributed by atoms with E-state index in [-0.39, 0.29) is 0 Å². The van der Waals surface area contributed by atoms with Crippen molar-refractivity contribution in [3.8, 4) is 0 Å². The van der Waals surface area contributed by atoms with E-state index in [2.05, 4.69) is 46.0 Å². The van der Waals surface area contributed by atoms with Crippen molar-refractivity contribution in [3.05, 3.63) is 35.9 Å². The number of thiocarbonyl (C=S) groups is 1. The SMILES string of the molecule is NNC(=S)NC1CCC2CN(Cc3ccccc3)CC21. The van der Waals surface area contributed by atoms with Gasteiger partial charge in [0.15, 0.2) is 5.11 Å². The molecule has 0 spiro atoms. The predicted octanol–water partition coefficient (Wildman–Crippen LogP) is 1.23. The lowest BCUT2D eigenvalue weighted by molar-refractivity contribution is 0.295. The van der Waals surface area contributed by atoms with Crippen molar-refractivity contribution in [1.29, 1.82) is 0 Å². The second kappa shape index (κ2) is 6.08. The van der Waals surface area contributed by atoms with Crippen LogP contribution in [0.4, 0.5) is 0 Å². The summed E-state index contributed by atoms with van der Waals surface area (Å²) in [7, 11) is 0. The first-order valence-electron chi connectivity index (χ1n) is 7.29. The Hall–Kier alpha value is -1.17. The summed E-state index contributed by atoms with van der Waals surface area (Å²) in [6.07, 6.45) is 2.50. The fourth-order valence-corrected chi connectivity index (χ4v) is 3.87. The summed E-state index contributed by atoms with van der Waals surface area (Å²) in [5.41, 5.74) is 3.93. The molecule has 0 aromatic heterocycles. The first-order valence-corrected chi connectivity index (χ1v) is 7.70. The summed E-state index contributed by atoms with van der Waals surface area (Å²) in [5.74, 6) is 6.85. The molecular formula is C15H22N4S. The van der Waals surface area contributed by atoms with Crippen molar-refractivity contribution in [2.24, 2.45) is 17.7 Å². The molecule has 0 bridgehead atoms. The number of rotatable bonds is 3. The minimum Gasteiger partial charge on any atom is -0.359 e. The highest BCUT2D eigenvalue weighted by Crippen LogP contribution is 2.38. The average Bonchev–Trinajstić information content (AvgIpc) is 3.01. The van der Waals surface area contributed by atoms with Gasteiger partial charge in [-0.2, -0.15) is 0 Å². The van der Waals surface area contributed by atoms with E-state index >= 15 is 0 Å². The molecule has 0 radical (unpaired) electrons. The first kappa shape index (κ1) is 13.8. The predicted molar refractivity (Wildman–Crippen MR) is 84.8 cm³/mol. The number of nitrogens with one attached hydrogen (secondary N) is 2. The van der Waals surface area contributed by atoms with Gasteiger partial charge in [-0.05, 0) is 42.5 Å². The van der Waals surface area contributed by atoms with Crippen LogP contribution in [0, 0.1) is 11.8 Å². The fourth-order valence-electron chi connectivity index (χ4n) is 3.72. The highest BCUT2D eigenvalue weighted by molar-refractivity contribution is 7.80. The average molecular weight is 290 g/mol. The molecule has 1 saturated carbocycles. The topological polar surface area (TPSA) is 53.3 Å². The molecule has 2 aliphatic rings. The molecule has 5 heteroatoms. The fraction of sp³-hybridized carbons (Fsp3) is 0.533. The van der Waals surface area contributed by atoms with E-state index in [1.165, 1.54) is 24.9 Å². The minimum absolute atomic E-state index is 0.476. The third-order valence-corrected chi connectivity index (χ3v) is 4.86. The third-order valence-electron chi connectivity index (χ3n) is 4.63. The van der Waals surface area contributed by atoms with Crippen LogP contribution < -0.4 is 16.6 Å². The van der Waals surface area contributed by atoms with E-state index in [1.54, 1.807) is 0 Å². The van der Waals surface area contributed by atoms with Gasteiger partial charge in [0, 0.05) is 25.7 Å². The number of benzene rings is 1. The van der Waals surface area contributed by atoms with Gasteiger partial charge in [-0.3, -0.25) is 4.90 Å². The Bertz CT molecular complexity index is 464. The molecule has 4 nitrogen and oxygen atoms in total. The van der Waals surface area contributed by atoms with Crippen molar-refractivity contribution in [2.75, 3.05) is 13.1 Å². The highest BCUT2D eigenvalue weighted by atomic mass is 32.1. The van der Waals surface area contributed by atoms with Crippen LogP contribution in [0.15, 0.2) is 30.3 Å². The van der Waals surface area contributed by atoms with Gasteiger partial charge >= 0.3 is 0 Å². The number of hydrogen-bond acceptors (Lipinski definition) is 3. The van der Waals surface area contributed by atoms with E-state index in [0.717, 1.165) is 19.0 Å². The minimum atomic E-state index is 0.476. The molecule has 3 unspecified atom stereocenters. The molecule has 1 aromatic rings. The van der Waals surface area contributed by atoms with Crippen molar-refractivity contribution in [2.45, 2.75) is 25.4 Å². The van der Waals surface area contributed by atoms with Crippen LogP contribution in [-0.2, 0) is 6.54 Å². The van der Waals surface area contributed by atoms with E-state index in [0.29, 0.717) is 17.1 Å². The number of hydrazine groups is 1. The molecule has 1 aliphatic carbocycles. The zero-order valence-corrected chi connectivity index (χ0v) is 12.4. The summed E-state index contributed by atoms with van der Waals surface area (Å²) in [6.45, 7) is 3.42. The number of hydrogen-bond donors (Lipinski definition) is 3. The van der Waals surface area contributed by atoms with Crippen LogP contribution in [0.3, 0.4) is 0 Å².